The fourth-order valence-corrected chi connectivity index (χ4v) is 2.66. The molecule has 0 fully saturated rings. The minimum Gasteiger partial charge on any atom is -0.422 e. The molecule has 0 aliphatic carbocycles. The third kappa shape index (κ3) is 1.82. The number of hydrogen-bond donors (Lipinski definition) is 1. The van der Waals surface area contributed by atoms with Crippen molar-refractivity contribution < 1.29 is 4.42 Å². The third-order valence-corrected chi connectivity index (χ3v) is 3.75. The first-order valence-corrected chi connectivity index (χ1v) is 6.87. The summed E-state index contributed by atoms with van der Waals surface area (Å²) < 4.78 is 6.43. The fraction of sp³-hybridized carbons (Fsp3) is 0.154. The van der Waals surface area contributed by atoms with Gasteiger partial charge in [0.05, 0.1) is 0 Å². The number of fused-ring (bicyclic) bond motifs is 2. The minimum atomic E-state index is -0.0891. The van der Waals surface area contributed by atoms with Gasteiger partial charge < -0.3 is 14.3 Å². The van der Waals surface area contributed by atoms with Gasteiger partial charge in [-0.3, -0.25) is 4.79 Å². The highest BCUT2D eigenvalue weighted by atomic mass is 79.9. The number of anilines is 1. The second-order valence-electron chi connectivity index (χ2n) is 4.66. The van der Waals surface area contributed by atoms with E-state index in [9.17, 15) is 4.79 Å². The Morgan fingerprint density at radius 1 is 1.25 bits per heavy atom. The fourth-order valence-electron chi connectivity index (χ4n) is 2.36. The van der Waals surface area contributed by atoms with Crippen LogP contribution in [0.5, 0.6) is 0 Å². The second kappa shape index (κ2) is 4.17. The highest BCUT2D eigenvalue weighted by molar-refractivity contribution is 9.10. The Morgan fingerprint density at radius 3 is 3.00 bits per heavy atom. The summed E-state index contributed by atoms with van der Waals surface area (Å²) in [5.74, 6) is 0. The van der Waals surface area contributed by atoms with Gasteiger partial charge in [0.1, 0.15) is 4.60 Å². The van der Waals surface area contributed by atoms with Crippen LogP contribution in [-0.2, 0) is 13.1 Å². The summed E-state index contributed by atoms with van der Waals surface area (Å²) in [6.45, 7) is 1.29. The number of aromatic amines is 1. The average Bonchev–Trinajstić information content (AvgIpc) is 3.00. The van der Waals surface area contributed by atoms with E-state index in [1.807, 2.05) is 17.0 Å². The van der Waals surface area contributed by atoms with Gasteiger partial charge in [0, 0.05) is 25.4 Å². The van der Waals surface area contributed by atoms with Crippen LogP contribution in [0.1, 0.15) is 11.1 Å². The lowest BCUT2D eigenvalue weighted by Crippen LogP contribution is -2.14. The highest BCUT2D eigenvalue weighted by Crippen LogP contribution is 2.29. The van der Waals surface area contributed by atoms with E-state index in [0.717, 1.165) is 15.7 Å². The number of oxazole rings is 1. The summed E-state index contributed by atoms with van der Waals surface area (Å²) >= 11 is 3.31. The van der Waals surface area contributed by atoms with E-state index in [4.69, 9.17) is 4.42 Å². The Balaban J connectivity index is 1.73. The lowest BCUT2D eigenvalue weighted by Gasteiger charge is -2.10. The van der Waals surface area contributed by atoms with E-state index in [-0.39, 0.29) is 5.56 Å². The number of nitrogens with zero attached hydrogens (tertiary/aromatic N) is 3. The van der Waals surface area contributed by atoms with Gasteiger partial charge in [0.15, 0.2) is 5.58 Å². The van der Waals surface area contributed by atoms with Crippen molar-refractivity contribution >= 4 is 33.2 Å². The summed E-state index contributed by atoms with van der Waals surface area (Å²) in [5, 5.41) is 0. The van der Waals surface area contributed by atoms with Crippen LogP contribution in [0.4, 0.5) is 6.01 Å². The first-order chi connectivity index (χ1) is 9.69. The van der Waals surface area contributed by atoms with E-state index >= 15 is 0 Å². The van der Waals surface area contributed by atoms with Crippen molar-refractivity contribution in [1.29, 1.82) is 0 Å². The molecule has 0 saturated heterocycles. The molecule has 3 aromatic rings. The molecule has 0 spiro atoms. The summed E-state index contributed by atoms with van der Waals surface area (Å²) in [4.78, 5) is 24.6. The third-order valence-electron chi connectivity index (χ3n) is 3.31. The summed E-state index contributed by atoms with van der Waals surface area (Å²) in [5.41, 5.74) is 3.22. The van der Waals surface area contributed by atoms with Crippen LogP contribution in [0.15, 0.2) is 38.2 Å². The van der Waals surface area contributed by atoms with Gasteiger partial charge in [0.2, 0.25) is 11.2 Å². The number of halogens is 1. The first kappa shape index (κ1) is 11.7. The molecule has 0 atom stereocenters. The number of H-pyrrole nitrogens is 1. The smallest absolute Gasteiger partial charge is 0.300 e. The molecule has 0 bridgehead atoms. The SMILES string of the molecule is O=c1cc2c(c[nH]1)CN(c1nc3nc(Br)ccc3o1)C2. The van der Waals surface area contributed by atoms with Crippen molar-refractivity contribution in [1.82, 2.24) is 15.0 Å². The zero-order valence-electron chi connectivity index (χ0n) is 10.3. The average molecular weight is 333 g/mol. The van der Waals surface area contributed by atoms with Gasteiger partial charge in [-0.05, 0) is 39.2 Å². The largest absolute Gasteiger partial charge is 0.422 e. The van der Waals surface area contributed by atoms with Crippen molar-refractivity contribution in [2.24, 2.45) is 0 Å². The lowest BCUT2D eigenvalue weighted by molar-refractivity contribution is 0.573. The Labute approximate surface area is 121 Å². The van der Waals surface area contributed by atoms with Crippen molar-refractivity contribution in [3.8, 4) is 0 Å². The van der Waals surface area contributed by atoms with Crippen LogP contribution < -0.4 is 10.5 Å². The van der Waals surface area contributed by atoms with E-state index in [1.54, 1.807) is 12.3 Å². The molecule has 0 aromatic carbocycles. The predicted octanol–water partition coefficient (Wildman–Crippen LogP) is 2.19. The Morgan fingerprint density at radius 2 is 2.10 bits per heavy atom. The van der Waals surface area contributed by atoms with Crippen molar-refractivity contribution in [3.63, 3.8) is 0 Å². The summed E-state index contributed by atoms with van der Waals surface area (Å²) in [7, 11) is 0. The van der Waals surface area contributed by atoms with Gasteiger partial charge in [-0.2, -0.15) is 4.98 Å². The molecule has 6 nitrogen and oxygen atoms in total. The van der Waals surface area contributed by atoms with Crippen LogP contribution >= 0.6 is 15.9 Å². The van der Waals surface area contributed by atoms with Gasteiger partial charge in [-0.25, -0.2) is 4.98 Å². The molecule has 0 unspecified atom stereocenters. The molecule has 3 aromatic heterocycles. The zero-order valence-corrected chi connectivity index (χ0v) is 11.8. The molecule has 20 heavy (non-hydrogen) atoms. The van der Waals surface area contributed by atoms with E-state index in [1.165, 1.54) is 0 Å². The van der Waals surface area contributed by atoms with Crippen molar-refractivity contribution in [2.45, 2.75) is 13.1 Å². The maximum Gasteiger partial charge on any atom is 0.300 e. The lowest BCUT2D eigenvalue weighted by atomic mass is 10.2. The van der Waals surface area contributed by atoms with Gasteiger partial charge in [-0.15, -0.1) is 0 Å². The number of rotatable bonds is 1. The van der Waals surface area contributed by atoms with Gasteiger partial charge >= 0.3 is 6.01 Å². The van der Waals surface area contributed by atoms with E-state index < -0.39 is 0 Å². The molecule has 1 aliphatic heterocycles. The number of aromatic nitrogens is 3. The maximum absolute atomic E-state index is 11.3. The van der Waals surface area contributed by atoms with Gasteiger partial charge in [0.25, 0.3) is 0 Å². The van der Waals surface area contributed by atoms with Crippen molar-refractivity contribution in [2.75, 3.05) is 4.90 Å². The van der Waals surface area contributed by atoms with Crippen LogP contribution in [0, 0.1) is 0 Å². The van der Waals surface area contributed by atoms with Gasteiger partial charge in [-0.1, -0.05) is 0 Å². The quantitative estimate of drug-likeness (QED) is 0.691. The normalized spacial score (nSPS) is 13.9. The number of nitrogens with one attached hydrogen (secondary N) is 1. The number of hydrogen-bond acceptors (Lipinski definition) is 5. The predicted molar refractivity (Wildman–Crippen MR) is 76.5 cm³/mol. The van der Waals surface area contributed by atoms with Crippen LogP contribution in [-0.4, -0.2) is 15.0 Å². The second-order valence-corrected chi connectivity index (χ2v) is 5.47. The molecule has 1 N–H and O–H groups in total. The van der Waals surface area contributed by atoms with Crippen LogP contribution in [0.25, 0.3) is 11.2 Å². The molecule has 100 valence electrons. The van der Waals surface area contributed by atoms with E-state index in [2.05, 4.69) is 30.9 Å². The zero-order chi connectivity index (χ0) is 13.7. The Bertz CT molecular complexity index is 870. The Kier molecular flexibility index (Phi) is 2.43. The Hall–Kier alpha value is -2.15. The maximum atomic E-state index is 11.3. The molecule has 0 saturated carbocycles. The van der Waals surface area contributed by atoms with E-state index in [0.29, 0.717) is 30.3 Å². The molecule has 4 rings (SSSR count). The van der Waals surface area contributed by atoms with Crippen LogP contribution in [0.3, 0.4) is 0 Å². The van der Waals surface area contributed by atoms with Crippen LogP contribution in [0.2, 0.25) is 0 Å². The standard InChI is InChI=1S/C13H9BrN4O2/c14-10-2-1-9-12(16-10)17-13(20-9)18-5-7-3-11(19)15-4-8(7)6-18/h1-4H,5-6H2,(H,15,19). The topological polar surface area (TPSA) is 75.0 Å². The molecule has 4 heterocycles. The molecule has 1 aliphatic rings. The molecular weight excluding hydrogens is 324 g/mol. The first-order valence-electron chi connectivity index (χ1n) is 6.07. The summed E-state index contributed by atoms with van der Waals surface area (Å²) in [6.07, 6.45) is 1.75. The van der Waals surface area contributed by atoms with Crippen molar-refractivity contribution in [3.05, 3.63) is 50.5 Å². The molecule has 0 amide bonds. The number of pyridine rings is 2. The molecular formula is C13H9BrN4O2. The summed E-state index contributed by atoms with van der Waals surface area (Å²) in [6, 6.07) is 5.78. The molecule has 0 radical (unpaired) electrons. The minimum absolute atomic E-state index is 0.0891. The monoisotopic (exact) mass is 332 g/mol. The molecule has 7 heteroatoms. The highest BCUT2D eigenvalue weighted by Gasteiger charge is 2.23.